The molecule has 3 N–H and O–H groups in total. The fourth-order valence-corrected chi connectivity index (χ4v) is 1.56. The molecule has 0 saturated heterocycles. The van der Waals surface area contributed by atoms with E-state index in [-0.39, 0.29) is 6.04 Å². The number of thiocarbonyl (C=S) groups is 1. The molecule has 1 aliphatic carbocycles. The Bertz CT molecular complexity index is 294. The van der Waals surface area contributed by atoms with Gasteiger partial charge in [-0.3, -0.25) is 0 Å². The largest absolute Gasteiger partial charge is 0.352 e. The molecule has 1 aliphatic rings. The van der Waals surface area contributed by atoms with Gasteiger partial charge in [-0.2, -0.15) is 0 Å². The summed E-state index contributed by atoms with van der Waals surface area (Å²) in [4.78, 5) is 11.4. The van der Waals surface area contributed by atoms with Gasteiger partial charge in [0.05, 0.1) is 6.04 Å². The number of allylic oxidation sites excluding steroid dienone is 2. The Kier molecular flexibility index (Phi) is 3.19. The maximum Gasteiger partial charge on any atom is 0.312 e. The minimum Gasteiger partial charge on any atom is -0.352 e. The molecule has 0 aromatic heterocycles. The van der Waals surface area contributed by atoms with Crippen LogP contribution >= 0.6 is 12.2 Å². The van der Waals surface area contributed by atoms with Gasteiger partial charge >= 0.3 is 6.03 Å². The average Bonchev–Trinajstić information content (AvgIpc) is 2.08. The van der Waals surface area contributed by atoms with Crippen LogP contribution in [0.5, 0.6) is 0 Å². The van der Waals surface area contributed by atoms with Gasteiger partial charge in [-0.05, 0) is 18.1 Å². The third kappa shape index (κ3) is 2.39. The molecule has 0 aromatic carbocycles. The quantitative estimate of drug-likeness (QED) is 0.654. The first-order chi connectivity index (χ1) is 6.15. The molecule has 0 radical (unpaired) electrons. The third-order valence-electron chi connectivity index (χ3n) is 1.92. The van der Waals surface area contributed by atoms with Crippen molar-refractivity contribution in [1.82, 2.24) is 5.32 Å². The maximum atomic E-state index is 10.7. The number of rotatable bonds is 2. The summed E-state index contributed by atoms with van der Waals surface area (Å²) in [6, 6.07) is -0.732. The summed E-state index contributed by atoms with van der Waals surface area (Å²) in [5, 5.41) is 2.61. The molecule has 0 bridgehead atoms. The van der Waals surface area contributed by atoms with Gasteiger partial charge in [0, 0.05) is 4.86 Å². The highest BCUT2D eigenvalue weighted by molar-refractivity contribution is 7.81. The van der Waals surface area contributed by atoms with Crippen LogP contribution in [0.1, 0.15) is 13.3 Å². The van der Waals surface area contributed by atoms with Crippen LogP contribution in [-0.2, 0) is 0 Å². The van der Waals surface area contributed by atoms with E-state index < -0.39 is 6.03 Å². The molecule has 70 valence electrons. The van der Waals surface area contributed by atoms with E-state index >= 15 is 0 Å². The molecule has 3 nitrogen and oxygen atoms in total. The zero-order valence-electron chi connectivity index (χ0n) is 7.41. The Morgan fingerprint density at radius 1 is 1.77 bits per heavy atom. The second kappa shape index (κ2) is 4.18. The van der Waals surface area contributed by atoms with Crippen molar-refractivity contribution in [3.8, 4) is 0 Å². The van der Waals surface area contributed by atoms with Crippen LogP contribution in [0.4, 0.5) is 4.79 Å². The summed E-state index contributed by atoms with van der Waals surface area (Å²) in [6.07, 6.45) is 6.50. The molecule has 13 heavy (non-hydrogen) atoms. The van der Waals surface area contributed by atoms with Crippen LogP contribution < -0.4 is 11.1 Å². The van der Waals surface area contributed by atoms with Crippen molar-refractivity contribution in [3.05, 3.63) is 23.8 Å². The highest BCUT2D eigenvalue weighted by atomic mass is 32.1. The molecule has 0 saturated carbocycles. The van der Waals surface area contributed by atoms with Crippen molar-refractivity contribution in [2.75, 3.05) is 0 Å². The summed E-state index contributed by atoms with van der Waals surface area (Å²) >= 11 is 5.09. The van der Waals surface area contributed by atoms with Crippen molar-refractivity contribution in [1.29, 1.82) is 0 Å². The van der Waals surface area contributed by atoms with Gasteiger partial charge in [-0.15, -0.1) is 0 Å². The van der Waals surface area contributed by atoms with E-state index in [1.807, 2.05) is 19.1 Å². The van der Waals surface area contributed by atoms with E-state index in [2.05, 4.69) is 5.32 Å². The summed E-state index contributed by atoms with van der Waals surface area (Å²) in [5.41, 5.74) is 6.13. The predicted molar refractivity (Wildman–Crippen MR) is 56.6 cm³/mol. The van der Waals surface area contributed by atoms with Crippen molar-refractivity contribution in [2.24, 2.45) is 5.73 Å². The van der Waals surface area contributed by atoms with E-state index in [0.29, 0.717) is 4.86 Å². The van der Waals surface area contributed by atoms with E-state index in [1.54, 1.807) is 6.08 Å². The lowest BCUT2D eigenvalue weighted by molar-refractivity contribution is 0.248. The molecule has 4 heteroatoms. The van der Waals surface area contributed by atoms with Gasteiger partial charge < -0.3 is 11.1 Å². The molecule has 1 unspecified atom stereocenters. The number of primary amides is 1. The van der Waals surface area contributed by atoms with E-state index in [0.717, 1.165) is 12.0 Å². The summed E-state index contributed by atoms with van der Waals surface area (Å²) in [6.45, 7) is 2.02. The first-order valence-corrected chi connectivity index (χ1v) is 4.53. The molecule has 1 atom stereocenters. The number of urea groups is 1. The minimum absolute atomic E-state index is 0.192. The lowest BCUT2D eigenvalue weighted by atomic mass is 9.97. The van der Waals surface area contributed by atoms with Crippen LogP contribution in [0.3, 0.4) is 0 Å². The van der Waals surface area contributed by atoms with Gasteiger partial charge in [0.25, 0.3) is 0 Å². The summed E-state index contributed by atoms with van der Waals surface area (Å²) < 4.78 is 0. The summed E-state index contributed by atoms with van der Waals surface area (Å²) in [7, 11) is 0. The Hall–Kier alpha value is -1.16. The second-order valence-electron chi connectivity index (χ2n) is 2.80. The molecule has 0 aromatic rings. The van der Waals surface area contributed by atoms with Crippen molar-refractivity contribution in [2.45, 2.75) is 19.4 Å². The van der Waals surface area contributed by atoms with Gasteiger partial charge in [-0.25, -0.2) is 4.79 Å². The molecule has 0 heterocycles. The van der Waals surface area contributed by atoms with E-state index in [4.69, 9.17) is 18.0 Å². The van der Waals surface area contributed by atoms with Gasteiger partial charge in [0.1, 0.15) is 0 Å². The topological polar surface area (TPSA) is 55.1 Å². The highest BCUT2D eigenvalue weighted by Crippen LogP contribution is 2.14. The minimum atomic E-state index is -0.540. The Labute approximate surface area is 82.7 Å². The number of carbonyl (C=O) groups excluding carboxylic acids is 1. The zero-order valence-corrected chi connectivity index (χ0v) is 8.23. The van der Waals surface area contributed by atoms with Crippen LogP contribution in [0.2, 0.25) is 0 Å². The number of carbonyl (C=O) groups is 1. The number of nitrogens with two attached hydrogens (primary N) is 1. The first kappa shape index (κ1) is 9.92. The average molecular weight is 196 g/mol. The monoisotopic (exact) mass is 196 g/mol. The fraction of sp³-hybridized carbons (Fsp3) is 0.333. The highest BCUT2D eigenvalue weighted by Gasteiger charge is 2.19. The van der Waals surface area contributed by atoms with E-state index in [9.17, 15) is 4.79 Å². The lowest BCUT2D eigenvalue weighted by Crippen LogP contribution is -2.44. The standard InChI is InChI=1S/C9H12N2OS/c1-2-6-4-3-5-7(13)8(6)11-9(10)12/h3-5,8H,2H2,1H3,(H3,10,11,12). The summed E-state index contributed by atoms with van der Waals surface area (Å²) in [5.74, 6) is 0. The number of hydrogen-bond donors (Lipinski definition) is 2. The maximum absolute atomic E-state index is 10.7. The van der Waals surface area contributed by atoms with Gasteiger partial charge in [0.2, 0.25) is 0 Å². The van der Waals surface area contributed by atoms with Crippen LogP contribution in [0.25, 0.3) is 0 Å². The molecule has 0 spiro atoms. The zero-order chi connectivity index (χ0) is 9.84. The Morgan fingerprint density at radius 3 is 3.00 bits per heavy atom. The van der Waals surface area contributed by atoms with Crippen molar-refractivity contribution < 1.29 is 4.79 Å². The predicted octanol–water partition coefficient (Wildman–Crippen LogP) is 1.30. The number of hydrogen-bond acceptors (Lipinski definition) is 2. The van der Waals surface area contributed by atoms with E-state index in [1.165, 1.54) is 0 Å². The van der Waals surface area contributed by atoms with Crippen LogP contribution in [0, 0.1) is 0 Å². The van der Waals surface area contributed by atoms with Crippen molar-refractivity contribution >= 4 is 23.1 Å². The Balaban J connectivity index is 2.80. The number of amides is 2. The normalized spacial score (nSPS) is 21.2. The third-order valence-corrected chi connectivity index (χ3v) is 2.29. The molecule has 0 fully saturated rings. The van der Waals surface area contributed by atoms with Crippen molar-refractivity contribution in [3.63, 3.8) is 0 Å². The van der Waals surface area contributed by atoms with Crippen LogP contribution in [0.15, 0.2) is 23.8 Å². The first-order valence-electron chi connectivity index (χ1n) is 4.12. The Morgan fingerprint density at radius 2 is 2.46 bits per heavy atom. The molecule has 0 aliphatic heterocycles. The second-order valence-corrected chi connectivity index (χ2v) is 3.27. The molecule has 1 rings (SSSR count). The van der Waals surface area contributed by atoms with Gasteiger partial charge in [-0.1, -0.05) is 31.3 Å². The van der Waals surface area contributed by atoms with Crippen LogP contribution in [-0.4, -0.2) is 16.9 Å². The molecule has 2 amide bonds. The lowest BCUT2D eigenvalue weighted by Gasteiger charge is -2.21. The molecular weight excluding hydrogens is 184 g/mol. The number of nitrogens with one attached hydrogen (secondary N) is 1. The SMILES string of the molecule is CCC1=CC=CC(=S)C1NC(N)=O. The molecular formula is C9H12N2OS. The fourth-order valence-electron chi connectivity index (χ4n) is 1.27. The van der Waals surface area contributed by atoms with Gasteiger partial charge in [0.15, 0.2) is 0 Å². The smallest absolute Gasteiger partial charge is 0.312 e.